The lowest BCUT2D eigenvalue weighted by Gasteiger charge is -2.28. The van der Waals surface area contributed by atoms with E-state index < -0.39 is 8.56 Å². The van der Waals surface area contributed by atoms with Crippen molar-refractivity contribution in [2.24, 2.45) is 19.9 Å². The largest absolute Gasteiger partial charge is 0.494 e. The van der Waals surface area contributed by atoms with Crippen LogP contribution >= 0.6 is 36.7 Å². The molecule has 30 heavy (non-hydrogen) atoms. The zero-order valence-electron chi connectivity index (χ0n) is 17.5. The molecule has 1 fully saturated rings. The normalized spacial score (nSPS) is 20.0. The first-order valence-corrected chi connectivity index (χ1v) is 13.9. The van der Waals surface area contributed by atoms with Gasteiger partial charge in [0.05, 0.1) is 22.1 Å². The molecule has 160 valence electrons. The van der Waals surface area contributed by atoms with E-state index >= 15 is 0 Å². The van der Waals surface area contributed by atoms with E-state index in [-0.39, 0.29) is 0 Å². The number of thiocarbonyl (C=S) groups is 3. The van der Waals surface area contributed by atoms with Crippen molar-refractivity contribution in [3.63, 3.8) is 0 Å². The van der Waals surface area contributed by atoms with Gasteiger partial charge < -0.3 is 4.74 Å². The van der Waals surface area contributed by atoms with Crippen molar-refractivity contribution < 1.29 is 4.74 Å². The average molecular weight is 476 g/mol. The molecule has 0 amide bonds. The van der Waals surface area contributed by atoms with E-state index in [1.165, 1.54) is 50.5 Å². The smallest absolute Gasteiger partial charge is 0.461 e. The number of ether oxygens (including phenoxy) is 1. The molecule has 1 aromatic carbocycles. The van der Waals surface area contributed by atoms with Crippen molar-refractivity contribution in [1.29, 1.82) is 0 Å². The summed E-state index contributed by atoms with van der Waals surface area (Å²) in [5.41, 5.74) is 1.43. The monoisotopic (exact) mass is 475 g/mol. The molecule has 0 N–H and O–H groups in total. The standard InChI is InChI=1S/C22H29N3OS3Si/c1-2-3-5-19-6-8-20(9-7-19)21-10-12-22(13-11-21)26-14-4-15-30(23-16-27,24-17-28)25-18-29/h10-13,19-20H,2-9,14-15H2,1H3. The first kappa shape index (κ1) is 24.9. The molecule has 0 aliphatic heterocycles. The number of nitrogens with zero attached hydrogens (tertiary/aromatic N) is 3. The number of hydrogen-bond acceptors (Lipinski definition) is 7. The summed E-state index contributed by atoms with van der Waals surface area (Å²) in [7, 11) is -2.83. The highest BCUT2D eigenvalue weighted by molar-refractivity contribution is 7.78. The number of isothiocyanates is 3. The van der Waals surface area contributed by atoms with Gasteiger partial charge in [-0.1, -0.05) is 38.3 Å². The zero-order valence-corrected chi connectivity index (χ0v) is 21.0. The molecule has 2 rings (SSSR count). The van der Waals surface area contributed by atoms with Crippen molar-refractivity contribution in [2.75, 3.05) is 6.61 Å². The lowest BCUT2D eigenvalue weighted by molar-refractivity contribution is 0.303. The second-order valence-corrected chi connectivity index (χ2v) is 11.0. The zero-order chi connectivity index (χ0) is 21.7. The van der Waals surface area contributed by atoms with Gasteiger partial charge in [-0.2, -0.15) is 0 Å². The highest BCUT2D eigenvalue weighted by Crippen LogP contribution is 2.38. The molecule has 0 atom stereocenters. The van der Waals surface area contributed by atoms with Crippen LogP contribution in [-0.2, 0) is 0 Å². The van der Waals surface area contributed by atoms with Crippen molar-refractivity contribution >= 4 is 60.7 Å². The number of rotatable bonds is 12. The molecular formula is C22H29N3OS3Si. The molecule has 0 heterocycles. The van der Waals surface area contributed by atoms with E-state index in [2.05, 4.69) is 60.6 Å². The maximum absolute atomic E-state index is 5.90. The third kappa shape index (κ3) is 8.05. The molecule has 1 aliphatic rings. The Balaban J connectivity index is 1.81. The molecule has 8 heteroatoms. The predicted molar refractivity (Wildman–Crippen MR) is 136 cm³/mol. The second-order valence-electron chi connectivity index (χ2n) is 7.76. The molecule has 0 spiro atoms. The van der Waals surface area contributed by atoms with Crippen molar-refractivity contribution in [1.82, 2.24) is 0 Å². The minimum absolute atomic E-state index is 0.531. The Labute approximate surface area is 197 Å². The second kappa shape index (κ2) is 13.8. The quantitative estimate of drug-likeness (QED) is 0.139. The molecule has 0 bridgehead atoms. The maximum atomic E-state index is 5.90. The third-order valence-corrected chi connectivity index (χ3v) is 8.96. The molecule has 1 aliphatic carbocycles. The van der Waals surface area contributed by atoms with Gasteiger partial charge in [0.15, 0.2) is 0 Å². The van der Waals surface area contributed by atoms with Gasteiger partial charge in [0, 0.05) is 6.04 Å². The lowest BCUT2D eigenvalue weighted by atomic mass is 9.77. The molecule has 0 aromatic heterocycles. The van der Waals surface area contributed by atoms with Crippen molar-refractivity contribution in [3.05, 3.63) is 29.8 Å². The van der Waals surface area contributed by atoms with Crippen LogP contribution in [0.2, 0.25) is 6.04 Å². The van der Waals surface area contributed by atoms with Gasteiger partial charge >= 0.3 is 8.56 Å². The fourth-order valence-corrected chi connectivity index (χ4v) is 6.93. The van der Waals surface area contributed by atoms with Gasteiger partial charge in [-0.05, 0) is 98.3 Å². The van der Waals surface area contributed by atoms with Crippen LogP contribution in [0, 0.1) is 5.92 Å². The fourth-order valence-electron chi connectivity index (χ4n) is 4.07. The van der Waals surface area contributed by atoms with E-state index in [9.17, 15) is 0 Å². The highest BCUT2D eigenvalue weighted by Gasteiger charge is 2.34. The maximum Gasteiger partial charge on any atom is 0.461 e. The van der Waals surface area contributed by atoms with Gasteiger partial charge in [0.1, 0.15) is 5.75 Å². The first-order chi connectivity index (χ1) is 14.7. The van der Waals surface area contributed by atoms with E-state index in [1.54, 1.807) is 0 Å². The number of hydrogen-bond donors (Lipinski definition) is 0. The lowest BCUT2D eigenvalue weighted by Crippen LogP contribution is -2.28. The van der Waals surface area contributed by atoms with E-state index in [1.807, 2.05) is 0 Å². The summed E-state index contributed by atoms with van der Waals surface area (Å²) in [6.07, 6.45) is 10.1. The molecule has 0 unspecified atom stereocenters. The van der Waals surface area contributed by atoms with Crippen LogP contribution < -0.4 is 4.74 Å². The molecular weight excluding hydrogens is 447 g/mol. The van der Waals surface area contributed by atoms with Crippen molar-refractivity contribution in [3.8, 4) is 5.75 Å². The summed E-state index contributed by atoms with van der Waals surface area (Å²) in [5, 5.41) is 7.07. The van der Waals surface area contributed by atoms with Crippen LogP contribution in [0.15, 0.2) is 38.2 Å². The van der Waals surface area contributed by atoms with E-state index in [4.69, 9.17) is 41.4 Å². The highest BCUT2D eigenvalue weighted by atomic mass is 32.1. The Kier molecular flexibility index (Phi) is 11.5. The Morgan fingerprint density at radius 1 is 0.933 bits per heavy atom. The van der Waals surface area contributed by atoms with Crippen LogP contribution in [0.3, 0.4) is 0 Å². The Morgan fingerprint density at radius 2 is 1.53 bits per heavy atom. The molecule has 1 aromatic rings. The first-order valence-electron chi connectivity index (χ1n) is 10.7. The topological polar surface area (TPSA) is 46.3 Å². The summed E-state index contributed by atoms with van der Waals surface area (Å²) in [5.74, 6) is 2.50. The van der Waals surface area contributed by atoms with Crippen molar-refractivity contribution in [2.45, 2.75) is 70.3 Å². The van der Waals surface area contributed by atoms with Gasteiger partial charge in [-0.25, -0.2) is 14.0 Å². The van der Waals surface area contributed by atoms with E-state index in [0.717, 1.165) is 11.7 Å². The fraction of sp³-hybridized carbons (Fsp3) is 0.591. The summed E-state index contributed by atoms with van der Waals surface area (Å²) in [4.78, 5) is 0. The summed E-state index contributed by atoms with van der Waals surface area (Å²) < 4.78 is 18.3. The van der Waals surface area contributed by atoms with Gasteiger partial charge in [-0.3, -0.25) is 0 Å². The third-order valence-electron chi connectivity index (χ3n) is 5.76. The average Bonchev–Trinajstić information content (AvgIpc) is 2.77. The van der Waals surface area contributed by atoms with Gasteiger partial charge in [0.2, 0.25) is 0 Å². The van der Waals surface area contributed by atoms with Crippen LogP contribution in [0.25, 0.3) is 0 Å². The minimum atomic E-state index is -2.83. The predicted octanol–water partition coefficient (Wildman–Crippen LogP) is 7.17. The van der Waals surface area contributed by atoms with Crippen LogP contribution in [0.5, 0.6) is 5.75 Å². The number of benzene rings is 1. The molecule has 4 nitrogen and oxygen atoms in total. The summed E-state index contributed by atoms with van der Waals surface area (Å²) in [6, 6.07) is 9.15. The van der Waals surface area contributed by atoms with Crippen LogP contribution in [0.4, 0.5) is 0 Å². The molecule has 1 saturated carbocycles. The van der Waals surface area contributed by atoms with Crippen LogP contribution in [0.1, 0.15) is 69.8 Å². The van der Waals surface area contributed by atoms with E-state index in [0.29, 0.717) is 25.0 Å². The Bertz CT molecular complexity index is 760. The SMILES string of the molecule is CCCCC1CCC(c2ccc(OCCC[Si](N=C=S)(N=C=S)N=C=S)cc2)CC1. The Morgan fingerprint density at radius 3 is 2.07 bits per heavy atom. The number of unbranched alkanes of at least 4 members (excludes halogenated alkanes) is 1. The minimum Gasteiger partial charge on any atom is -0.494 e. The molecule has 0 saturated heterocycles. The summed E-state index contributed by atoms with van der Waals surface area (Å²) >= 11 is 14.2. The van der Waals surface area contributed by atoms with Crippen LogP contribution in [-0.4, -0.2) is 30.6 Å². The van der Waals surface area contributed by atoms with Gasteiger partial charge in [0.25, 0.3) is 0 Å². The Hall–Kier alpha value is -1.36. The summed E-state index contributed by atoms with van der Waals surface area (Å²) in [6.45, 7) is 2.81. The van der Waals surface area contributed by atoms with Gasteiger partial charge in [-0.15, -0.1) is 0 Å². The molecule has 0 radical (unpaired) electrons.